The van der Waals surface area contributed by atoms with E-state index in [0.717, 1.165) is 18.5 Å². The van der Waals surface area contributed by atoms with Crippen LogP contribution in [0.3, 0.4) is 0 Å². The summed E-state index contributed by atoms with van der Waals surface area (Å²) < 4.78 is 0. The molecule has 0 radical (unpaired) electrons. The number of hydrogen-bond acceptors (Lipinski definition) is 4. The highest BCUT2D eigenvalue weighted by atomic mass is 16.3. The number of rotatable bonds is 3. The average Bonchev–Trinajstić information content (AvgIpc) is 2.62. The number of carbonyl (C=O) groups is 1. The van der Waals surface area contributed by atoms with Crippen LogP contribution in [0.5, 0.6) is 0 Å². The molecule has 0 aromatic heterocycles. The third-order valence-corrected chi connectivity index (χ3v) is 5.16. The fourth-order valence-corrected chi connectivity index (χ4v) is 3.68. The monoisotopic (exact) mass is 339 g/mol. The quantitative estimate of drug-likeness (QED) is 0.883. The van der Waals surface area contributed by atoms with Crippen molar-refractivity contribution in [2.45, 2.75) is 44.8 Å². The molecule has 3 rings (SSSR count). The van der Waals surface area contributed by atoms with Gasteiger partial charge in [-0.25, -0.2) is 0 Å². The Balaban J connectivity index is 1.62. The second-order valence-corrected chi connectivity index (χ2v) is 7.00. The van der Waals surface area contributed by atoms with Gasteiger partial charge in [-0.15, -0.1) is 0 Å². The van der Waals surface area contributed by atoms with E-state index >= 15 is 0 Å². The maximum absolute atomic E-state index is 12.5. The van der Waals surface area contributed by atoms with Crippen LogP contribution in [0.1, 0.15) is 42.4 Å². The molecule has 2 aliphatic rings. The van der Waals surface area contributed by atoms with Crippen molar-refractivity contribution in [3.05, 3.63) is 41.0 Å². The fraction of sp³-hybridized carbons (Fsp3) is 0.500. The first kappa shape index (κ1) is 17.7. The van der Waals surface area contributed by atoms with Crippen molar-refractivity contribution in [2.24, 2.45) is 0 Å². The largest absolute Gasteiger partial charge is 0.393 e. The molecule has 1 unspecified atom stereocenters. The zero-order valence-electron chi connectivity index (χ0n) is 14.7. The molecular weight excluding hydrogens is 314 g/mol. The SMILES string of the molecule is Cc1cc(C#N)ccc1C1=CCNC(CC(=O)N2CCC(O)CC2)C1. The van der Waals surface area contributed by atoms with Crippen molar-refractivity contribution >= 4 is 11.5 Å². The van der Waals surface area contributed by atoms with Crippen molar-refractivity contribution in [3.63, 3.8) is 0 Å². The van der Waals surface area contributed by atoms with Gasteiger partial charge >= 0.3 is 0 Å². The van der Waals surface area contributed by atoms with Crippen LogP contribution in [0.2, 0.25) is 0 Å². The lowest BCUT2D eigenvalue weighted by molar-refractivity contribution is -0.133. The number of benzene rings is 1. The molecule has 5 heteroatoms. The van der Waals surface area contributed by atoms with Gasteiger partial charge in [-0.1, -0.05) is 12.1 Å². The number of aryl methyl sites for hydroxylation is 1. The summed E-state index contributed by atoms with van der Waals surface area (Å²) in [6, 6.07) is 8.08. The smallest absolute Gasteiger partial charge is 0.224 e. The van der Waals surface area contributed by atoms with Crippen LogP contribution in [0.15, 0.2) is 24.3 Å². The van der Waals surface area contributed by atoms with Gasteiger partial charge in [-0.2, -0.15) is 5.26 Å². The number of amides is 1. The van der Waals surface area contributed by atoms with Gasteiger partial charge in [0.2, 0.25) is 5.91 Å². The number of likely N-dealkylation sites (tertiary alicyclic amines) is 1. The van der Waals surface area contributed by atoms with E-state index in [1.807, 2.05) is 30.0 Å². The minimum absolute atomic E-state index is 0.134. The molecule has 0 spiro atoms. The third kappa shape index (κ3) is 4.28. The molecule has 2 heterocycles. The molecular formula is C20H25N3O2. The Kier molecular flexibility index (Phi) is 5.52. The van der Waals surface area contributed by atoms with Gasteiger partial charge < -0.3 is 15.3 Å². The number of nitriles is 1. The van der Waals surface area contributed by atoms with E-state index in [1.54, 1.807) is 0 Å². The van der Waals surface area contributed by atoms with Crippen molar-refractivity contribution in [2.75, 3.05) is 19.6 Å². The predicted molar refractivity (Wildman–Crippen MR) is 96.7 cm³/mol. The number of nitrogens with zero attached hydrogens (tertiary/aromatic N) is 2. The molecule has 1 fully saturated rings. The Hall–Kier alpha value is -2.16. The van der Waals surface area contributed by atoms with Crippen LogP contribution in [0.25, 0.3) is 5.57 Å². The number of piperidine rings is 1. The maximum atomic E-state index is 12.5. The molecule has 1 aromatic rings. The van der Waals surface area contributed by atoms with Gasteiger partial charge in [0.05, 0.1) is 17.7 Å². The van der Waals surface area contributed by atoms with E-state index in [1.165, 1.54) is 11.1 Å². The van der Waals surface area contributed by atoms with Crippen LogP contribution in [0.4, 0.5) is 0 Å². The number of aliphatic hydroxyl groups is 1. The fourth-order valence-electron chi connectivity index (χ4n) is 3.68. The van der Waals surface area contributed by atoms with Crippen LogP contribution >= 0.6 is 0 Å². The second-order valence-electron chi connectivity index (χ2n) is 7.00. The number of carbonyl (C=O) groups excluding carboxylic acids is 1. The van der Waals surface area contributed by atoms with Crippen molar-refractivity contribution in [1.29, 1.82) is 5.26 Å². The highest BCUT2D eigenvalue weighted by molar-refractivity contribution is 5.78. The van der Waals surface area contributed by atoms with Gasteiger partial charge in [0.15, 0.2) is 0 Å². The first-order valence-corrected chi connectivity index (χ1v) is 8.96. The second kappa shape index (κ2) is 7.81. The molecule has 1 aromatic carbocycles. The standard InChI is InChI=1S/C20H25N3O2/c1-14-10-15(13-21)2-3-19(14)16-4-7-22-17(11-16)12-20(25)23-8-5-18(24)6-9-23/h2-4,10,17-18,22,24H,5-9,11-12H2,1H3. The van der Waals surface area contributed by atoms with Crippen molar-refractivity contribution in [1.82, 2.24) is 10.2 Å². The van der Waals surface area contributed by atoms with Crippen LogP contribution in [-0.2, 0) is 4.79 Å². The summed E-state index contributed by atoms with van der Waals surface area (Å²) in [5, 5.41) is 22.0. The number of aliphatic hydroxyl groups excluding tert-OH is 1. The van der Waals surface area contributed by atoms with Crippen LogP contribution in [-0.4, -0.2) is 47.7 Å². The lowest BCUT2D eigenvalue weighted by Gasteiger charge is -2.32. The van der Waals surface area contributed by atoms with Crippen molar-refractivity contribution in [3.8, 4) is 6.07 Å². The first-order valence-electron chi connectivity index (χ1n) is 8.96. The molecule has 25 heavy (non-hydrogen) atoms. The van der Waals surface area contributed by atoms with E-state index < -0.39 is 0 Å². The van der Waals surface area contributed by atoms with E-state index in [4.69, 9.17) is 5.26 Å². The minimum atomic E-state index is -0.259. The van der Waals surface area contributed by atoms with Gasteiger partial charge in [-0.05, 0) is 55.0 Å². The zero-order chi connectivity index (χ0) is 17.8. The molecule has 2 N–H and O–H groups in total. The summed E-state index contributed by atoms with van der Waals surface area (Å²) in [5.74, 6) is 0.169. The summed E-state index contributed by atoms with van der Waals surface area (Å²) in [4.78, 5) is 14.4. The lowest BCUT2D eigenvalue weighted by atomic mass is 9.90. The summed E-state index contributed by atoms with van der Waals surface area (Å²) in [5.41, 5.74) is 4.18. The molecule has 1 amide bonds. The maximum Gasteiger partial charge on any atom is 0.224 e. The number of nitrogens with one attached hydrogen (secondary N) is 1. The van der Waals surface area contributed by atoms with Gasteiger partial charge in [0.1, 0.15) is 0 Å². The Morgan fingerprint density at radius 3 is 2.84 bits per heavy atom. The van der Waals surface area contributed by atoms with E-state index in [2.05, 4.69) is 17.5 Å². The predicted octanol–water partition coefficient (Wildman–Crippen LogP) is 1.99. The van der Waals surface area contributed by atoms with Crippen molar-refractivity contribution < 1.29 is 9.90 Å². The molecule has 1 saturated heterocycles. The Morgan fingerprint density at radius 2 is 2.16 bits per heavy atom. The third-order valence-electron chi connectivity index (χ3n) is 5.16. The molecule has 2 aliphatic heterocycles. The summed E-state index contributed by atoms with van der Waals surface area (Å²) in [7, 11) is 0. The molecule has 5 nitrogen and oxygen atoms in total. The molecule has 0 bridgehead atoms. The Labute approximate surface area is 148 Å². The molecule has 132 valence electrons. The van der Waals surface area contributed by atoms with E-state index in [0.29, 0.717) is 37.9 Å². The first-order chi connectivity index (χ1) is 12.1. The molecule has 1 atom stereocenters. The van der Waals surface area contributed by atoms with Crippen LogP contribution in [0, 0.1) is 18.3 Å². The molecule has 0 aliphatic carbocycles. The Morgan fingerprint density at radius 1 is 1.40 bits per heavy atom. The summed E-state index contributed by atoms with van der Waals surface area (Å²) in [6.07, 6.45) is 4.58. The molecule has 0 saturated carbocycles. The van der Waals surface area contributed by atoms with E-state index in [-0.39, 0.29) is 18.1 Å². The topological polar surface area (TPSA) is 76.4 Å². The summed E-state index contributed by atoms with van der Waals surface area (Å²) in [6.45, 7) is 4.10. The highest BCUT2D eigenvalue weighted by Gasteiger charge is 2.25. The minimum Gasteiger partial charge on any atom is -0.393 e. The normalized spacial score (nSPS) is 21.6. The number of hydrogen-bond donors (Lipinski definition) is 2. The average molecular weight is 339 g/mol. The highest BCUT2D eigenvalue weighted by Crippen LogP contribution is 2.27. The summed E-state index contributed by atoms with van der Waals surface area (Å²) >= 11 is 0. The van der Waals surface area contributed by atoms with Gasteiger partial charge in [-0.3, -0.25) is 4.79 Å². The van der Waals surface area contributed by atoms with E-state index in [9.17, 15) is 9.90 Å². The van der Waals surface area contributed by atoms with Crippen LogP contribution < -0.4 is 5.32 Å². The lowest BCUT2D eigenvalue weighted by Crippen LogP contribution is -2.44. The van der Waals surface area contributed by atoms with Gasteiger partial charge in [0.25, 0.3) is 0 Å². The zero-order valence-corrected chi connectivity index (χ0v) is 14.7. The van der Waals surface area contributed by atoms with Gasteiger partial charge in [0, 0.05) is 32.1 Å². The Bertz CT molecular complexity index is 712.